The Hall–Kier alpha value is -1.10. The molecule has 0 amide bonds. The molecule has 1 saturated heterocycles. The van der Waals surface area contributed by atoms with Crippen LogP contribution in [0.1, 0.15) is 12.5 Å². The molecule has 1 fully saturated rings. The van der Waals surface area contributed by atoms with E-state index in [0.29, 0.717) is 19.3 Å². The average Bonchev–Trinajstić information content (AvgIpc) is 2.47. The molecule has 1 N–H and O–H groups in total. The highest BCUT2D eigenvalue weighted by Crippen LogP contribution is 2.12. The van der Waals surface area contributed by atoms with Crippen LogP contribution in [0.4, 0.5) is 0 Å². The van der Waals surface area contributed by atoms with Crippen molar-refractivity contribution < 1.29 is 14.2 Å². The molecule has 4 heteroatoms. The van der Waals surface area contributed by atoms with Gasteiger partial charge in [0.1, 0.15) is 5.75 Å². The highest BCUT2D eigenvalue weighted by molar-refractivity contribution is 5.27. The molecular formula is C15H23NO3. The van der Waals surface area contributed by atoms with Gasteiger partial charge in [-0.1, -0.05) is 12.1 Å². The summed E-state index contributed by atoms with van der Waals surface area (Å²) in [5, 5.41) is 3.49. The van der Waals surface area contributed by atoms with Gasteiger partial charge in [0.05, 0.1) is 33.0 Å². The number of methoxy groups -OCH3 is 1. The molecule has 106 valence electrons. The van der Waals surface area contributed by atoms with E-state index >= 15 is 0 Å². The molecule has 4 nitrogen and oxygen atoms in total. The van der Waals surface area contributed by atoms with Gasteiger partial charge in [0.2, 0.25) is 0 Å². The summed E-state index contributed by atoms with van der Waals surface area (Å²) in [4.78, 5) is 0. The Morgan fingerprint density at radius 3 is 2.74 bits per heavy atom. The minimum atomic E-state index is 0.187. The molecule has 0 aliphatic carbocycles. The molecule has 0 aromatic heterocycles. The molecule has 0 bridgehead atoms. The fourth-order valence-electron chi connectivity index (χ4n) is 2.17. The van der Waals surface area contributed by atoms with Crippen LogP contribution in [0.25, 0.3) is 0 Å². The topological polar surface area (TPSA) is 39.7 Å². The maximum absolute atomic E-state index is 5.60. The maximum atomic E-state index is 5.60. The Bertz CT molecular complexity index is 360. The van der Waals surface area contributed by atoms with E-state index in [4.69, 9.17) is 14.2 Å². The summed E-state index contributed by atoms with van der Waals surface area (Å²) < 4.78 is 16.1. The van der Waals surface area contributed by atoms with Crippen molar-refractivity contribution in [3.63, 3.8) is 0 Å². The Kier molecular flexibility index (Phi) is 5.63. The lowest BCUT2D eigenvalue weighted by molar-refractivity contribution is -0.0869. The van der Waals surface area contributed by atoms with E-state index in [1.165, 1.54) is 5.56 Å². The molecule has 1 heterocycles. The molecule has 1 aliphatic rings. The molecular weight excluding hydrogens is 242 g/mol. The first-order valence-electron chi connectivity index (χ1n) is 6.83. The second kappa shape index (κ2) is 7.48. The largest absolute Gasteiger partial charge is 0.497 e. The quantitative estimate of drug-likeness (QED) is 0.848. The van der Waals surface area contributed by atoms with Gasteiger partial charge in [-0.2, -0.15) is 0 Å². The summed E-state index contributed by atoms with van der Waals surface area (Å²) >= 11 is 0. The minimum Gasteiger partial charge on any atom is -0.497 e. The predicted octanol–water partition coefficient (Wildman–Crippen LogP) is 1.63. The fourth-order valence-corrected chi connectivity index (χ4v) is 2.17. The van der Waals surface area contributed by atoms with Gasteiger partial charge in [0.25, 0.3) is 0 Å². The van der Waals surface area contributed by atoms with Gasteiger partial charge in [-0.25, -0.2) is 0 Å². The van der Waals surface area contributed by atoms with Crippen LogP contribution in [-0.2, 0) is 15.9 Å². The Morgan fingerprint density at radius 2 is 2.11 bits per heavy atom. The van der Waals surface area contributed by atoms with Gasteiger partial charge in [0, 0.05) is 12.6 Å². The number of nitrogens with one attached hydrogen (secondary N) is 1. The first-order valence-corrected chi connectivity index (χ1v) is 6.83. The van der Waals surface area contributed by atoms with E-state index in [9.17, 15) is 0 Å². The van der Waals surface area contributed by atoms with Gasteiger partial charge >= 0.3 is 0 Å². The lowest BCUT2D eigenvalue weighted by Crippen LogP contribution is -2.41. The van der Waals surface area contributed by atoms with Crippen LogP contribution >= 0.6 is 0 Å². The molecule has 2 unspecified atom stereocenters. The number of hydrogen-bond donors (Lipinski definition) is 1. The number of benzene rings is 1. The van der Waals surface area contributed by atoms with Crippen LogP contribution < -0.4 is 10.1 Å². The van der Waals surface area contributed by atoms with Crippen LogP contribution in [0.5, 0.6) is 5.75 Å². The monoisotopic (exact) mass is 265 g/mol. The maximum Gasteiger partial charge on any atom is 0.118 e. The average molecular weight is 265 g/mol. The lowest BCUT2D eigenvalue weighted by Gasteiger charge is -2.25. The molecule has 19 heavy (non-hydrogen) atoms. The van der Waals surface area contributed by atoms with Crippen LogP contribution in [0, 0.1) is 0 Å². The number of ether oxygens (including phenoxy) is 3. The summed E-state index contributed by atoms with van der Waals surface area (Å²) in [7, 11) is 1.69. The van der Waals surface area contributed by atoms with E-state index in [0.717, 1.165) is 25.3 Å². The third-order valence-corrected chi connectivity index (χ3v) is 3.28. The van der Waals surface area contributed by atoms with Crippen LogP contribution in [0.2, 0.25) is 0 Å². The molecule has 0 saturated carbocycles. The van der Waals surface area contributed by atoms with Crippen molar-refractivity contribution in [2.45, 2.75) is 25.5 Å². The normalized spacial score (nSPS) is 21.1. The predicted molar refractivity (Wildman–Crippen MR) is 74.7 cm³/mol. The SMILES string of the molecule is COc1ccc(CC(C)NCC2COCCO2)cc1. The summed E-state index contributed by atoms with van der Waals surface area (Å²) in [5.74, 6) is 0.900. The molecule has 1 aromatic rings. The molecule has 2 atom stereocenters. The van der Waals surface area contributed by atoms with E-state index in [2.05, 4.69) is 24.4 Å². The van der Waals surface area contributed by atoms with E-state index in [1.54, 1.807) is 7.11 Å². The zero-order valence-electron chi connectivity index (χ0n) is 11.7. The molecule has 0 radical (unpaired) electrons. The summed E-state index contributed by atoms with van der Waals surface area (Å²) in [6.45, 7) is 5.16. The molecule has 1 aliphatic heterocycles. The van der Waals surface area contributed by atoms with E-state index < -0.39 is 0 Å². The van der Waals surface area contributed by atoms with Crippen molar-refractivity contribution in [1.29, 1.82) is 0 Å². The van der Waals surface area contributed by atoms with Gasteiger partial charge in [-0.05, 0) is 31.0 Å². The molecule has 0 spiro atoms. The number of hydrogen-bond acceptors (Lipinski definition) is 4. The fraction of sp³-hybridized carbons (Fsp3) is 0.600. The van der Waals surface area contributed by atoms with Gasteiger partial charge in [0.15, 0.2) is 0 Å². The molecule has 1 aromatic carbocycles. The lowest BCUT2D eigenvalue weighted by atomic mass is 10.1. The van der Waals surface area contributed by atoms with Crippen molar-refractivity contribution in [2.75, 3.05) is 33.5 Å². The van der Waals surface area contributed by atoms with Gasteiger partial charge in [-0.3, -0.25) is 0 Å². The van der Waals surface area contributed by atoms with E-state index in [1.807, 2.05) is 12.1 Å². The second-order valence-electron chi connectivity index (χ2n) is 4.93. The minimum absolute atomic E-state index is 0.187. The highest BCUT2D eigenvalue weighted by atomic mass is 16.6. The summed E-state index contributed by atoms with van der Waals surface area (Å²) in [5.41, 5.74) is 1.31. The van der Waals surface area contributed by atoms with Crippen LogP contribution in [0.3, 0.4) is 0 Å². The number of rotatable bonds is 6. The zero-order chi connectivity index (χ0) is 13.5. The van der Waals surface area contributed by atoms with Crippen LogP contribution in [-0.4, -0.2) is 45.6 Å². The third kappa shape index (κ3) is 4.82. The van der Waals surface area contributed by atoms with Crippen molar-refractivity contribution in [3.05, 3.63) is 29.8 Å². The van der Waals surface area contributed by atoms with E-state index in [-0.39, 0.29) is 6.10 Å². The summed E-state index contributed by atoms with van der Waals surface area (Å²) in [6.07, 6.45) is 1.18. The zero-order valence-corrected chi connectivity index (χ0v) is 11.7. The van der Waals surface area contributed by atoms with Crippen molar-refractivity contribution in [1.82, 2.24) is 5.32 Å². The second-order valence-corrected chi connectivity index (χ2v) is 4.93. The Labute approximate surface area is 115 Å². The van der Waals surface area contributed by atoms with Crippen molar-refractivity contribution >= 4 is 0 Å². The standard InChI is InChI=1S/C15H23NO3/c1-12(16-10-15-11-18-7-8-19-15)9-13-3-5-14(17-2)6-4-13/h3-6,12,15-16H,7-11H2,1-2H3. The van der Waals surface area contributed by atoms with Gasteiger partial charge < -0.3 is 19.5 Å². The highest BCUT2D eigenvalue weighted by Gasteiger charge is 2.15. The van der Waals surface area contributed by atoms with Crippen molar-refractivity contribution in [2.24, 2.45) is 0 Å². The third-order valence-electron chi connectivity index (χ3n) is 3.28. The van der Waals surface area contributed by atoms with Gasteiger partial charge in [-0.15, -0.1) is 0 Å². The van der Waals surface area contributed by atoms with Crippen LogP contribution in [0.15, 0.2) is 24.3 Å². The molecule has 2 rings (SSSR count). The Morgan fingerprint density at radius 1 is 1.32 bits per heavy atom. The summed E-state index contributed by atoms with van der Waals surface area (Å²) in [6, 6.07) is 8.63. The van der Waals surface area contributed by atoms with Crippen molar-refractivity contribution in [3.8, 4) is 5.75 Å². The smallest absolute Gasteiger partial charge is 0.118 e. The Balaban J connectivity index is 1.71. The first-order chi connectivity index (χ1) is 9.28. The first kappa shape index (κ1) is 14.3.